The Morgan fingerprint density at radius 2 is 1.74 bits per heavy atom. The van der Waals surface area contributed by atoms with Gasteiger partial charge in [0.25, 0.3) is 5.91 Å². The van der Waals surface area contributed by atoms with Crippen LogP contribution in [0.2, 0.25) is 0 Å². The molecule has 27 heavy (non-hydrogen) atoms. The van der Waals surface area contributed by atoms with Crippen molar-refractivity contribution in [2.45, 2.75) is 18.5 Å². The Hall–Kier alpha value is -2.93. The van der Waals surface area contributed by atoms with Gasteiger partial charge in [0.15, 0.2) is 11.0 Å². The van der Waals surface area contributed by atoms with Crippen LogP contribution in [0.1, 0.15) is 18.9 Å². The quantitative estimate of drug-likeness (QED) is 0.387. The van der Waals surface area contributed by atoms with Crippen LogP contribution in [0.3, 0.4) is 0 Å². The number of amides is 1. The van der Waals surface area contributed by atoms with Crippen LogP contribution >= 0.6 is 11.8 Å². The number of benzene rings is 2. The van der Waals surface area contributed by atoms with E-state index < -0.39 is 0 Å². The number of carbonyl (C=O) groups is 1. The van der Waals surface area contributed by atoms with E-state index in [0.717, 1.165) is 29.1 Å². The van der Waals surface area contributed by atoms with Crippen molar-refractivity contribution in [3.05, 3.63) is 66.2 Å². The Bertz CT molecular complexity index is 922. The van der Waals surface area contributed by atoms with Gasteiger partial charge in [-0.25, -0.2) is 5.43 Å². The van der Waals surface area contributed by atoms with Crippen molar-refractivity contribution in [1.82, 2.24) is 20.2 Å². The minimum absolute atomic E-state index is 0.175. The van der Waals surface area contributed by atoms with Gasteiger partial charge >= 0.3 is 0 Å². The topological polar surface area (TPSA) is 72.2 Å². The second kappa shape index (κ2) is 9.14. The number of aromatic nitrogens is 3. The number of hydrazone groups is 1. The first kappa shape index (κ1) is 18.8. The Balaban J connectivity index is 1.60. The van der Waals surface area contributed by atoms with Gasteiger partial charge in [0.05, 0.1) is 11.5 Å². The van der Waals surface area contributed by atoms with E-state index in [9.17, 15) is 4.79 Å². The fraction of sp³-hybridized carbons (Fsp3) is 0.200. The summed E-state index contributed by atoms with van der Waals surface area (Å²) in [7, 11) is 1.89. The molecular weight excluding hydrogens is 358 g/mol. The van der Waals surface area contributed by atoms with Crippen LogP contribution in [0.15, 0.2) is 70.9 Å². The lowest BCUT2D eigenvalue weighted by Crippen LogP contribution is -2.22. The maximum absolute atomic E-state index is 12.2. The molecule has 138 valence electrons. The number of nitrogens with zero attached hydrogens (tertiary/aromatic N) is 4. The lowest BCUT2D eigenvalue weighted by Gasteiger charge is -2.05. The van der Waals surface area contributed by atoms with E-state index in [1.54, 1.807) is 0 Å². The molecule has 0 fully saturated rings. The number of thioether (sulfide) groups is 1. The van der Waals surface area contributed by atoms with Crippen LogP contribution in [0, 0.1) is 0 Å². The molecule has 3 rings (SSSR count). The molecule has 1 amide bonds. The lowest BCUT2D eigenvalue weighted by molar-refractivity contribution is -0.118. The van der Waals surface area contributed by atoms with Crippen molar-refractivity contribution in [2.75, 3.05) is 5.75 Å². The Morgan fingerprint density at radius 1 is 1.07 bits per heavy atom. The zero-order valence-corrected chi connectivity index (χ0v) is 16.1. The van der Waals surface area contributed by atoms with Crippen molar-refractivity contribution >= 4 is 23.4 Å². The van der Waals surface area contributed by atoms with Crippen molar-refractivity contribution in [2.24, 2.45) is 12.1 Å². The number of rotatable bonds is 7. The maximum atomic E-state index is 12.2. The third-order valence-corrected chi connectivity index (χ3v) is 4.98. The molecule has 0 unspecified atom stereocenters. The standard InChI is InChI=1S/C20H21N5OS/c1-3-17(15-10-6-4-7-11-15)21-22-18(26)14-27-20-24-23-19(25(20)2)16-12-8-5-9-13-16/h4-13H,3,14H2,1-2H3,(H,22,26)/b21-17-. The van der Waals surface area contributed by atoms with E-state index in [4.69, 9.17) is 0 Å². The van der Waals surface area contributed by atoms with Gasteiger partial charge in [-0.2, -0.15) is 5.10 Å². The SMILES string of the molecule is CC/C(=N/NC(=O)CSc1nnc(-c2ccccc2)n1C)c1ccccc1. The molecule has 2 aromatic carbocycles. The minimum atomic E-state index is -0.175. The summed E-state index contributed by atoms with van der Waals surface area (Å²) in [5.74, 6) is 0.816. The Kier molecular flexibility index (Phi) is 6.38. The van der Waals surface area contributed by atoms with Crippen molar-refractivity contribution in [3.63, 3.8) is 0 Å². The van der Waals surface area contributed by atoms with Crippen LogP contribution in [-0.4, -0.2) is 32.1 Å². The zero-order chi connectivity index (χ0) is 19.1. The molecule has 0 aliphatic heterocycles. The predicted molar refractivity (Wildman–Crippen MR) is 109 cm³/mol. The molecule has 7 heteroatoms. The van der Waals surface area contributed by atoms with E-state index >= 15 is 0 Å². The summed E-state index contributed by atoms with van der Waals surface area (Å²) in [6.07, 6.45) is 0.737. The monoisotopic (exact) mass is 379 g/mol. The van der Waals surface area contributed by atoms with Gasteiger partial charge in [-0.05, 0) is 12.0 Å². The maximum Gasteiger partial charge on any atom is 0.250 e. The second-order valence-electron chi connectivity index (χ2n) is 5.83. The molecule has 0 atom stereocenters. The summed E-state index contributed by atoms with van der Waals surface area (Å²) in [4.78, 5) is 12.2. The first-order valence-electron chi connectivity index (χ1n) is 8.67. The Morgan fingerprint density at radius 3 is 2.41 bits per heavy atom. The molecule has 0 saturated heterocycles. The van der Waals surface area contributed by atoms with E-state index in [0.29, 0.717) is 5.16 Å². The smallest absolute Gasteiger partial charge is 0.250 e. The zero-order valence-electron chi connectivity index (χ0n) is 15.3. The lowest BCUT2D eigenvalue weighted by atomic mass is 10.1. The van der Waals surface area contributed by atoms with Crippen molar-refractivity contribution in [3.8, 4) is 11.4 Å². The first-order chi connectivity index (χ1) is 13.2. The summed E-state index contributed by atoms with van der Waals surface area (Å²) in [5.41, 5.74) is 5.48. The molecule has 1 aromatic heterocycles. The minimum Gasteiger partial charge on any atom is -0.305 e. The van der Waals surface area contributed by atoms with Gasteiger partial charge in [-0.3, -0.25) is 4.79 Å². The Labute approximate surface area is 162 Å². The normalized spacial score (nSPS) is 11.4. The van der Waals surface area contributed by atoms with Gasteiger partial charge in [-0.15, -0.1) is 10.2 Å². The molecule has 0 bridgehead atoms. The van der Waals surface area contributed by atoms with E-state index in [-0.39, 0.29) is 11.7 Å². The average Bonchev–Trinajstić information content (AvgIpc) is 3.09. The molecule has 6 nitrogen and oxygen atoms in total. The third kappa shape index (κ3) is 4.83. The summed E-state index contributed by atoms with van der Waals surface area (Å²) in [6.45, 7) is 2.01. The predicted octanol–water partition coefficient (Wildman–Crippen LogP) is 3.50. The number of hydrogen-bond acceptors (Lipinski definition) is 5. The molecule has 0 spiro atoms. The number of nitrogens with one attached hydrogen (secondary N) is 1. The number of carbonyl (C=O) groups excluding carboxylic acids is 1. The highest BCUT2D eigenvalue weighted by molar-refractivity contribution is 7.99. The molecule has 0 radical (unpaired) electrons. The van der Waals surface area contributed by atoms with Crippen molar-refractivity contribution in [1.29, 1.82) is 0 Å². The first-order valence-corrected chi connectivity index (χ1v) is 9.66. The second-order valence-corrected chi connectivity index (χ2v) is 6.78. The molecule has 3 aromatic rings. The number of hydrogen-bond donors (Lipinski definition) is 1. The highest BCUT2D eigenvalue weighted by Gasteiger charge is 2.12. The van der Waals surface area contributed by atoms with Crippen LogP contribution in [-0.2, 0) is 11.8 Å². The fourth-order valence-corrected chi connectivity index (χ4v) is 3.25. The van der Waals surface area contributed by atoms with Crippen molar-refractivity contribution < 1.29 is 4.79 Å². The van der Waals surface area contributed by atoms with Crippen LogP contribution < -0.4 is 5.43 Å². The molecular formula is C20H21N5OS. The van der Waals surface area contributed by atoms with Crippen LogP contribution in [0.25, 0.3) is 11.4 Å². The summed E-state index contributed by atoms with van der Waals surface area (Å²) in [6, 6.07) is 19.7. The van der Waals surface area contributed by atoms with Crippen LogP contribution in [0.4, 0.5) is 0 Å². The average molecular weight is 379 g/mol. The highest BCUT2D eigenvalue weighted by Crippen LogP contribution is 2.22. The van der Waals surface area contributed by atoms with Gasteiger partial charge in [-0.1, -0.05) is 79.3 Å². The molecule has 0 aliphatic rings. The summed E-state index contributed by atoms with van der Waals surface area (Å²) < 4.78 is 1.89. The van der Waals surface area contributed by atoms with E-state index in [2.05, 4.69) is 20.7 Å². The van der Waals surface area contributed by atoms with Gasteiger partial charge in [0, 0.05) is 12.6 Å². The van der Waals surface area contributed by atoms with Gasteiger partial charge in [0.1, 0.15) is 0 Å². The van der Waals surface area contributed by atoms with Gasteiger partial charge in [0.2, 0.25) is 0 Å². The fourth-order valence-electron chi connectivity index (χ4n) is 2.55. The molecule has 0 aliphatic carbocycles. The van der Waals surface area contributed by atoms with E-state index in [1.807, 2.05) is 79.2 Å². The molecule has 0 saturated carbocycles. The van der Waals surface area contributed by atoms with E-state index in [1.165, 1.54) is 11.8 Å². The van der Waals surface area contributed by atoms with Crippen LogP contribution in [0.5, 0.6) is 0 Å². The molecule has 1 N–H and O–H groups in total. The molecule has 1 heterocycles. The largest absolute Gasteiger partial charge is 0.305 e. The summed E-state index contributed by atoms with van der Waals surface area (Å²) in [5, 5.41) is 13.4. The highest BCUT2D eigenvalue weighted by atomic mass is 32.2. The van der Waals surface area contributed by atoms with Gasteiger partial charge < -0.3 is 4.57 Å². The summed E-state index contributed by atoms with van der Waals surface area (Å²) >= 11 is 1.33. The third-order valence-electron chi connectivity index (χ3n) is 3.96.